The lowest BCUT2D eigenvalue weighted by Gasteiger charge is -2.08. The van der Waals surface area contributed by atoms with Crippen LogP contribution in [0.3, 0.4) is 0 Å². The summed E-state index contributed by atoms with van der Waals surface area (Å²) in [6.07, 6.45) is 2.14. The van der Waals surface area contributed by atoms with E-state index in [1.54, 1.807) is 17.1 Å². The third kappa shape index (κ3) is 4.57. The van der Waals surface area contributed by atoms with Crippen LogP contribution in [0, 0.1) is 0 Å². The summed E-state index contributed by atoms with van der Waals surface area (Å²) >= 11 is 2.89. The van der Waals surface area contributed by atoms with Crippen molar-refractivity contribution < 1.29 is 9.59 Å². The zero-order valence-electron chi connectivity index (χ0n) is 11.7. The number of anilines is 2. The van der Waals surface area contributed by atoms with Crippen LogP contribution >= 0.6 is 23.1 Å². The van der Waals surface area contributed by atoms with E-state index in [2.05, 4.69) is 15.6 Å². The van der Waals surface area contributed by atoms with Crippen LogP contribution in [0.5, 0.6) is 0 Å². The monoisotopic (exact) mass is 321 g/mol. The van der Waals surface area contributed by atoms with Gasteiger partial charge in [0.25, 0.3) is 0 Å². The van der Waals surface area contributed by atoms with Gasteiger partial charge in [-0.3, -0.25) is 9.59 Å². The molecule has 2 amide bonds. The largest absolute Gasteiger partial charge is 0.325 e. The predicted molar refractivity (Wildman–Crippen MR) is 87.0 cm³/mol. The number of para-hydroxylation sites is 1. The second kappa shape index (κ2) is 7.24. The molecule has 7 heteroatoms. The van der Waals surface area contributed by atoms with Gasteiger partial charge in [0.15, 0.2) is 5.13 Å². The normalized spacial score (nSPS) is 10.2. The van der Waals surface area contributed by atoms with Crippen molar-refractivity contribution >= 4 is 45.7 Å². The zero-order chi connectivity index (χ0) is 15.2. The average molecular weight is 321 g/mol. The first-order valence-electron chi connectivity index (χ1n) is 6.23. The number of rotatable bonds is 5. The summed E-state index contributed by atoms with van der Waals surface area (Å²) in [5, 5.41) is 7.76. The van der Waals surface area contributed by atoms with E-state index < -0.39 is 0 Å². The third-order valence-electron chi connectivity index (χ3n) is 2.56. The van der Waals surface area contributed by atoms with Crippen LogP contribution in [-0.4, -0.2) is 23.1 Å². The molecular formula is C14H15N3O2S2. The van der Waals surface area contributed by atoms with E-state index in [1.807, 2.05) is 30.5 Å². The van der Waals surface area contributed by atoms with Crippen LogP contribution in [-0.2, 0) is 16.0 Å². The van der Waals surface area contributed by atoms with Crippen molar-refractivity contribution in [1.29, 1.82) is 0 Å². The van der Waals surface area contributed by atoms with E-state index in [0.717, 1.165) is 10.6 Å². The van der Waals surface area contributed by atoms with E-state index in [4.69, 9.17) is 0 Å². The third-order valence-corrected chi connectivity index (χ3v) is 4.16. The maximum absolute atomic E-state index is 12.0. The Morgan fingerprint density at radius 3 is 2.76 bits per heavy atom. The fraction of sp³-hybridized carbons (Fsp3) is 0.214. The molecule has 2 aromatic rings. The lowest BCUT2D eigenvalue weighted by molar-refractivity contribution is -0.116. The molecule has 2 rings (SSSR count). The number of amides is 2. The van der Waals surface area contributed by atoms with Gasteiger partial charge in [-0.1, -0.05) is 12.1 Å². The SMILES string of the molecule is CSc1ccccc1NC(=O)Cc1csc(NC(C)=O)n1. The number of nitrogens with one attached hydrogen (secondary N) is 2. The van der Waals surface area contributed by atoms with Gasteiger partial charge in [0.05, 0.1) is 17.8 Å². The molecule has 0 bridgehead atoms. The molecule has 0 radical (unpaired) electrons. The van der Waals surface area contributed by atoms with Crippen molar-refractivity contribution in [3.8, 4) is 0 Å². The van der Waals surface area contributed by atoms with Crippen LogP contribution in [0.15, 0.2) is 34.5 Å². The van der Waals surface area contributed by atoms with Gasteiger partial charge in [0, 0.05) is 17.2 Å². The minimum Gasteiger partial charge on any atom is -0.325 e. The minimum absolute atomic E-state index is 0.129. The molecule has 0 unspecified atom stereocenters. The first-order chi connectivity index (χ1) is 10.1. The van der Waals surface area contributed by atoms with Crippen molar-refractivity contribution in [3.63, 3.8) is 0 Å². The van der Waals surface area contributed by atoms with Crippen LogP contribution in [0.2, 0.25) is 0 Å². The number of thioether (sulfide) groups is 1. The van der Waals surface area contributed by atoms with Crippen molar-refractivity contribution in [2.45, 2.75) is 18.2 Å². The molecule has 1 aromatic carbocycles. The number of nitrogens with zero attached hydrogens (tertiary/aromatic N) is 1. The highest BCUT2D eigenvalue weighted by Crippen LogP contribution is 2.24. The molecule has 0 atom stereocenters. The molecule has 0 aliphatic rings. The number of carbonyl (C=O) groups is 2. The smallest absolute Gasteiger partial charge is 0.230 e. The highest BCUT2D eigenvalue weighted by molar-refractivity contribution is 7.98. The van der Waals surface area contributed by atoms with Gasteiger partial charge in [-0.2, -0.15) is 0 Å². The Morgan fingerprint density at radius 1 is 1.29 bits per heavy atom. The molecule has 5 nitrogen and oxygen atoms in total. The standard InChI is InChI=1S/C14H15N3O2S2/c1-9(18)15-14-16-10(8-21-14)7-13(19)17-11-5-3-4-6-12(11)20-2/h3-6,8H,7H2,1-2H3,(H,17,19)(H,15,16,18). The molecule has 1 heterocycles. The highest BCUT2D eigenvalue weighted by Gasteiger charge is 2.10. The number of hydrogen-bond acceptors (Lipinski definition) is 5. The lowest BCUT2D eigenvalue weighted by atomic mass is 10.3. The molecule has 110 valence electrons. The summed E-state index contributed by atoms with van der Waals surface area (Å²) in [7, 11) is 0. The second-order valence-electron chi connectivity index (χ2n) is 4.25. The van der Waals surface area contributed by atoms with E-state index in [9.17, 15) is 9.59 Å². The molecule has 2 N–H and O–H groups in total. The van der Waals surface area contributed by atoms with Gasteiger partial charge < -0.3 is 10.6 Å². The Balaban J connectivity index is 1.98. The predicted octanol–water partition coefficient (Wildman–Crippen LogP) is 3.00. The molecule has 0 aliphatic carbocycles. The van der Waals surface area contributed by atoms with Gasteiger partial charge in [-0.25, -0.2) is 4.98 Å². The molecule has 1 aromatic heterocycles. The van der Waals surface area contributed by atoms with Gasteiger partial charge in [-0.15, -0.1) is 23.1 Å². The summed E-state index contributed by atoms with van der Waals surface area (Å²) in [6, 6.07) is 7.64. The van der Waals surface area contributed by atoms with Crippen LogP contribution in [0.4, 0.5) is 10.8 Å². The first kappa shape index (κ1) is 15.5. The number of carbonyl (C=O) groups excluding carboxylic acids is 2. The summed E-state index contributed by atoms with van der Waals surface area (Å²) in [4.78, 5) is 28.2. The minimum atomic E-state index is -0.172. The molecular weight excluding hydrogens is 306 g/mol. The molecule has 21 heavy (non-hydrogen) atoms. The van der Waals surface area contributed by atoms with Crippen LogP contribution in [0.25, 0.3) is 0 Å². The Kier molecular flexibility index (Phi) is 5.35. The summed E-state index contributed by atoms with van der Waals surface area (Å²) < 4.78 is 0. The van der Waals surface area contributed by atoms with Crippen molar-refractivity contribution in [1.82, 2.24) is 4.98 Å². The number of benzene rings is 1. The van der Waals surface area contributed by atoms with E-state index >= 15 is 0 Å². The van der Waals surface area contributed by atoms with Crippen molar-refractivity contribution in [2.24, 2.45) is 0 Å². The van der Waals surface area contributed by atoms with Gasteiger partial charge in [-0.05, 0) is 18.4 Å². The Labute approximate surface area is 131 Å². The number of aromatic nitrogens is 1. The van der Waals surface area contributed by atoms with Crippen LogP contribution < -0.4 is 10.6 Å². The molecule has 0 spiro atoms. The Hall–Kier alpha value is -1.86. The number of thiazole rings is 1. The van der Waals surface area contributed by atoms with E-state index in [-0.39, 0.29) is 18.2 Å². The highest BCUT2D eigenvalue weighted by atomic mass is 32.2. The molecule has 0 saturated carbocycles. The summed E-state index contributed by atoms with van der Waals surface area (Å²) in [5.74, 6) is -0.301. The summed E-state index contributed by atoms with van der Waals surface area (Å²) in [6.45, 7) is 1.42. The van der Waals surface area contributed by atoms with Crippen molar-refractivity contribution in [3.05, 3.63) is 35.3 Å². The van der Waals surface area contributed by atoms with Gasteiger partial charge in [0.2, 0.25) is 11.8 Å². The van der Waals surface area contributed by atoms with Gasteiger partial charge in [0.1, 0.15) is 0 Å². The molecule has 0 fully saturated rings. The maximum Gasteiger partial charge on any atom is 0.230 e. The summed E-state index contributed by atoms with van der Waals surface area (Å²) in [5.41, 5.74) is 1.44. The molecule has 0 saturated heterocycles. The second-order valence-corrected chi connectivity index (χ2v) is 5.96. The van der Waals surface area contributed by atoms with E-state index in [1.165, 1.54) is 18.3 Å². The quantitative estimate of drug-likeness (QED) is 0.831. The zero-order valence-corrected chi connectivity index (χ0v) is 13.3. The number of hydrogen-bond donors (Lipinski definition) is 2. The lowest BCUT2D eigenvalue weighted by Crippen LogP contribution is -2.15. The van der Waals surface area contributed by atoms with Crippen LogP contribution in [0.1, 0.15) is 12.6 Å². The first-order valence-corrected chi connectivity index (χ1v) is 8.34. The fourth-order valence-electron chi connectivity index (χ4n) is 1.70. The maximum atomic E-state index is 12.0. The Bertz CT molecular complexity index is 655. The topological polar surface area (TPSA) is 71.1 Å². The Morgan fingerprint density at radius 2 is 2.05 bits per heavy atom. The average Bonchev–Trinajstić information content (AvgIpc) is 2.85. The van der Waals surface area contributed by atoms with Gasteiger partial charge >= 0.3 is 0 Å². The van der Waals surface area contributed by atoms with E-state index in [0.29, 0.717) is 10.8 Å². The van der Waals surface area contributed by atoms with Crippen molar-refractivity contribution in [2.75, 3.05) is 16.9 Å². The fourth-order valence-corrected chi connectivity index (χ4v) is 3.01. The molecule has 0 aliphatic heterocycles.